The third-order valence-corrected chi connectivity index (χ3v) is 3.62. The van der Waals surface area contributed by atoms with Crippen LogP contribution in [0.5, 0.6) is 0 Å². The molecule has 1 nitrogen and oxygen atoms in total. The van der Waals surface area contributed by atoms with Crippen molar-refractivity contribution in [1.82, 2.24) is 0 Å². The van der Waals surface area contributed by atoms with Crippen LogP contribution in [0.2, 0.25) is 0 Å². The lowest BCUT2D eigenvalue weighted by Gasteiger charge is -2.04. The maximum atomic E-state index is 12.1. The van der Waals surface area contributed by atoms with E-state index in [2.05, 4.69) is 31.9 Å². The fourth-order valence-electron chi connectivity index (χ4n) is 1.59. The third kappa shape index (κ3) is 3.27. The summed E-state index contributed by atoms with van der Waals surface area (Å²) in [6.07, 6.45) is 0.426. The Kier molecular flexibility index (Phi) is 4.13. The summed E-state index contributed by atoms with van der Waals surface area (Å²) in [7, 11) is 0. The van der Waals surface area contributed by atoms with Gasteiger partial charge in [-0.3, -0.25) is 4.79 Å². The summed E-state index contributed by atoms with van der Waals surface area (Å²) >= 11 is 6.78. The van der Waals surface area contributed by atoms with Gasteiger partial charge >= 0.3 is 0 Å². The van der Waals surface area contributed by atoms with Crippen molar-refractivity contribution in [2.24, 2.45) is 0 Å². The number of hydrogen-bond acceptors (Lipinski definition) is 1. The molecule has 0 aliphatic rings. The van der Waals surface area contributed by atoms with Gasteiger partial charge in [0.2, 0.25) is 0 Å². The highest BCUT2D eigenvalue weighted by molar-refractivity contribution is 9.11. The van der Waals surface area contributed by atoms with Gasteiger partial charge in [0.05, 0.1) is 0 Å². The second kappa shape index (κ2) is 5.61. The zero-order chi connectivity index (χ0) is 12.3. The molecular formula is C14H10Br2O. The molecule has 3 heteroatoms. The summed E-state index contributed by atoms with van der Waals surface area (Å²) < 4.78 is 1.75. The van der Waals surface area contributed by atoms with Crippen molar-refractivity contribution in [2.75, 3.05) is 0 Å². The highest BCUT2D eigenvalue weighted by Gasteiger charge is 2.11. The van der Waals surface area contributed by atoms with Gasteiger partial charge in [0.1, 0.15) is 0 Å². The number of benzene rings is 2. The van der Waals surface area contributed by atoms with Crippen molar-refractivity contribution in [3.63, 3.8) is 0 Å². The Morgan fingerprint density at radius 1 is 1.00 bits per heavy atom. The minimum atomic E-state index is 0.115. The molecule has 2 rings (SSSR count). The van der Waals surface area contributed by atoms with Crippen molar-refractivity contribution >= 4 is 37.6 Å². The van der Waals surface area contributed by atoms with E-state index in [1.807, 2.05) is 48.5 Å². The summed E-state index contributed by atoms with van der Waals surface area (Å²) in [5, 5.41) is 0. The highest BCUT2D eigenvalue weighted by atomic mass is 79.9. The van der Waals surface area contributed by atoms with Crippen LogP contribution in [0.4, 0.5) is 0 Å². The number of rotatable bonds is 3. The molecule has 0 bridgehead atoms. The Bertz CT molecular complexity index is 535. The molecule has 2 aromatic rings. The van der Waals surface area contributed by atoms with Crippen LogP contribution < -0.4 is 0 Å². The van der Waals surface area contributed by atoms with Crippen LogP contribution in [-0.2, 0) is 6.42 Å². The third-order valence-electron chi connectivity index (χ3n) is 2.44. The van der Waals surface area contributed by atoms with E-state index in [9.17, 15) is 4.79 Å². The predicted octanol–water partition coefficient (Wildman–Crippen LogP) is 4.64. The monoisotopic (exact) mass is 352 g/mol. The fraction of sp³-hybridized carbons (Fsp3) is 0.0714. The van der Waals surface area contributed by atoms with Gasteiger partial charge in [-0.15, -0.1) is 0 Å². The zero-order valence-electron chi connectivity index (χ0n) is 8.99. The summed E-state index contributed by atoms with van der Waals surface area (Å²) in [6.45, 7) is 0. The number of halogens is 2. The Morgan fingerprint density at radius 2 is 1.71 bits per heavy atom. The molecule has 0 atom stereocenters. The molecule has 0 saturated carbocycles. The Labute approximate surface area is 117 Å². The normalized spacial score (nSPS) is 10.2. The lowest BCUT2D eigenvalue weighted by molar-refractivity contribution is 0.0992. The van der Waals surface area contributed by atoms with E-state index in [0.29, 0.717) is 12.0 Å². The van der Waals surface area contributed by atoms with Gasteiger partial charge in [-0.05, 0) is 23.8 Å². The molecule has 0 heterocycles. The van der Waals surface area contributed by atoms with Crippen LogP contribution in [0.25, 0.3) is 0 Å². The molecule has 0 N–H and O–H groups in total. The molecular weight excluding hydrogens is 344 g/mol. The standard InChI is InChI=1S/C14H10Br2O/c15-11-6-7-13(16)12(9-11)14(17)8-10-4-2-1-3-5-10/h1-7,9H,8H2. The number of hydrogen-bond donors (Lipinski definition) is 0. The van der Waals surface area contributed by atoms with Gasteiger partial charge in [-0.25, -0.2) is 0 Å². The van der Waals surface area contributed by atoms with Gasteiger partial charge < -0.3 is 0 Å². The van der Waals surface area contributed by atoms with Crippen LogP contribution in [0.1, 0.15) is 15.9 Å². The maximum absolute atomic E-state index is 12.1. The Hall–Kier alpha value is -0.930. The van der Waals surface area contributed by atoms with Gasteiger partial charge in [0.15, 0.2) is 5.78 Å². The van der Waals surface area contributed by atoms with Crippen molar-refractivity contribution in [3.05, 3.63) is 68.6 Å². The van der Waals surface area contributed by atoms with E-state index >= 15 is 0 Å². The van der Waals surface area contributed by atoms with E-state index in [1.54, 1.807) is 0 Å². The average molecular weight is 354 g/mol. The molecule has 2 aromatic carbocycles. The molecule has 0 aliphatic carbocycles. The lowest BCUT2D eigenvalue weighted by Crippen LogP contribution is -2.04. The van der Waals surface area contributed by atoms with E-state index in [1.165, 1.54) is 0 Å². The van der Waals surface area contributed by atoms with E-state index in [-0.39, 0.29) is 5.78 Å². The highest BCUT2D eigenvalue weighted by Crippen LogP contribution is 2.23. The summed E-state index contributed by atoms with van der Waals surface area (Å²) in [5.41, 5.74) is 1.74. The SMILES string of the molecule is O=C(Cc1ccccc1)c1cc(Br)ccc1Br. The van der Waals surface area contributed by atoms with Gasteiger partial charge in [0, 0.05) is 20.9 Å². The molecule has 0 spiro atoms. The van der Waals surface area contributed by atoms with Gasteiger partial charge in [0.25, 0.3) is 0 Å². The average Bonchev–Trinajstić information content (AvgIpc) is 2.33. The quantitative estimate of drug-likeness (QED) is 0.735. The number of ketones is 1. The van der Waals surface area contributed by atoms with Crippen LogP contribution in [0.15, 0.2) is 57.5 Å². The largest absolute Gasteiger partial charge is 0.294 e. The summed E-state index contributed by atoms with van der Waals surface area (Å²) in [5.74, 6) is 0.115. The maximum Gasteiger partial charge on any atom is 0.168 e. The summed E-state index contributed by atoms with van der Waals surface area (Å²) in [6, 6.07) is 15.4. The zero-order valence-corrected chi connectivity index (χ0v) is 12.2. The number of Topliss-reactive ketones (excluding diaryl/α,β-unsaturated/α-hetero) is 1. The molecule has 0 radical (unpaired) electrons. The molecule has 0 fully saturated rings. The minimum absolute atomic E-state index is 0.115. The smallest absolute Gasteiger partial charge is 0.168 e. The van der Waals surface area contributed by atoms with Gasteiger partial charge in [-0.2, -0.15) is 0 Å². The first-order chi connectivity index (χ1) is 8.16. The Balaban J connectivity index is 2.23. The fourth-order valence-corrected chi connectivity index (χ4v) is 2.42. The molecule has 0 aliphatic heterocycles. The van der Waals surface area contributed by atoms with E-state index in [4.69, 9.17) is 0 Å². The second-order valence-electron chi connectivity index (χ2n) is 3.71. The topological polar surface area (TPSA) is 17.1 Å². The van der Waals surface area contributed by atoms with Crippen molar-refractivity contribution in [2.45, 2.75) is 6.42 Å². The molecule has 86 valence electrons. The first-order valence-corrected chi connectivity index (χ1v) is 6.77. The number of carbonyl (C=O) groups excluding carboxylic acids is 1. The molecule has 0 aromatic heterocycles. The first-order valence-electron chi connectivity index (χ1n) is 5.19. The molecule has 0 saturated heterocycles. The summed E-state index contributed by atoms with van der Waals surface area (Å²) in [4.78, 5) is 12.1. The minimum Gasteiger partial charge on any atom is -0.294 e. The second-order valence-corrected chi connectivity index (χ2v) is 5.48. The Morgan fingerprint density at radius 3 is 2.41 bits per heavy atom. The first kappa shape index (κ1) is 12.5. The lowest BCUT2D eigenvalue weighted by atomic mass is 10.0. The van der Waals surface area contributed by atoms with Crippen LogP contribution >= 0.6 is 31.9 Å². The van der Waals surface area contributed by atoms with Gasteiger partial charge in [-0.1, -0.05) is 62.2 Å². The molecule has 17 heavy (non-hydrogen) atoms. The van der Waals surface area contributed by atoms with Crippen molar-refractivity contribution in [1.29, 1.82) is 0 Å². The molecule has 0 unspecified atom stereocenters. The van der Waals surface area contributed by atoms with Crippen molar-refractivity contribution in [3.8, 4) is 0 Å². The number of carbonyl (C=O) groups is 1. The van der Waals surface area contributed by atoms with Crippen molar-refractivity contribution < 1.29 is 4.79 Å². The molecule has 0 amide bonds. The predicted molar refractivity (Wildman–Crippen MR) is 76.3 cm³/mol. The van der Waals surface area contributed by atoms with Crippen LogP contribution in [-0.4, -0.2) is 5.78 Å². The van der Waals surface area contributed by atoms with Crippen LogP contribution in [0, 0.1) is 0 Å². The van der Waals surface area contributed by atoms with E-state index < -0.39 is 0 Å². The van der Waals surface area contributed by atoms with Crippen LogP contribution in [0.3, 0.4) is 0 Å². The van der Waals surface area contributed by atoms with E-state index in [0.717, 1.165) is 14.5 Å².